The van der Waals surface area contributed by atoms with Crippen LogP contribution in [0.25, 0.3) is 0 Å². The molecule has 2 N–H and O–H groups in total. The molecule has 0 bridgehead atoms. The van der Waals surface area contributed by atoms with Crippen molar-refractivity contribution in [2.75, 3.05) is 20.1 Å². The summed E-state index contributed by atoms with van der Waals surface area (Å²) in [6.07, 6.45) is 4.29. The second-order valence-corrected chi connectivity index (χ2v) is 7.21. The Hall–Kier alpha value is -2.60. The molecule has 7 heteroatoms. The van der Waals surface area contributed by atoms with Crippen LogP contribution < -0.4 is 10.6 Å². The molecule has 1 aromatic heterocycles. The van der Waals surface area contributed by atoms with Crippen molar-refractivity contribution in [3.63, 3.8) is 0 Å². The molecule has 1 aliphatic heterocycles. The summed E-state index contributed by atoms with van der Waals surface area (Å²) in [5.74, 6) is 1.02. The number of carbonyl (C=O) groups is 1. The van der Waals surface area contributed by atoms with Crippen LogP contribution in [0.2, 0.25) is 5.15 Å². The third-order valence-electron chi connectivity index (χ3n) is 4.75. The summed E-state index contributed by atoms with van der Waals surface area (Å²) in [6, 6.07) is 12.1. The van der Waals surface area contributed by atoms with Crippen LogP contribution in [-0.4, -0.2) is 41.9 Å². The van der Waals surface area contributed by atoms with Crippen LogP contribution in [-0.2, 0) is 24.3 Å². The van der Waals surface area contributed by atoms with E-state index in [1.54, 1.807) is 19.3 Å². The molecule has 2 heterocycles. The maximum absolute atomic E-state index is 11.7. The van der Waals surface area contributed by atoms with Crippen LogP contribution in [0, 0.1) is 0 Å². The summed E-state index contributed by atoms with van der Waals surface area (Å²) in [4.78, 5) is 22.0. The average Bonchev–Trinajstić information content (AvgIpc) is 3.11. The summed E-state index contributed by atoms with van der Waals surface area (Å²) in [5, 5.41) is 7.13. The minimum Gasteiger partial charge on any atom is -0.356 e. The van der Waals surface area contributed by atoms with Gasteiger partial charge in [-0.15, -0.1) is 0 Å². The topological polar surface area (TPSA) is 69.6 Å². The van der Waals surface area contributed by atoms with Crippen LogP contribution in [0.3, 0.4) is 0 Å². The van der Waals surface area contributed by atoms with Crippen LogP contribution >= 0.6 is 11.6 Å². The highest BCUT2D eigenvalue weighted by Gasteiger charge is 2.19. The second kappa shape index (κ2) is 10.1. The first-order chi connectivity index (χ1) is 13.6. The fourth-order valence-electron chi connectivity index (χ4n) is 3.14. The lowest BCUT2D eigenvalue weighted by atomic mass is 10.1. The van der Waals surface area contributed by atoms with Crippen molar-refractivity contribution in [1.29, 1.82) is 0 Å². The van der Waals surface area contributed by atoms with Gasteiger partial charge in [-0.3, -0.25) is 9.79 Å². The maximum Gasteiger partial charge on any atom is 0.222 e. The van der Waals surface area contributed by atoms with Gasteiger partial charge >= 0.3 is 0 Å². The lowest BCUT2D eigenvalue weighted by Crippen LogP contribution is -2.37. The highest BCUT2D eigenvalue weighted by atomic mass is 35.5. The van der Waals surface area contributed by atoms with Crippen molar-refractivity contribution in [3.8, 4) is 0 Å². The van der Waals surface area contributed by atoms with E-state index in [0.29, 0.717) is 24.7 Å². The number of aliphatic imine (C=N–C) groups is 1. The number of benzene rings is 1. The van der Waals surface area contributed by atoms with Crippen molar-refractivity contribution >= 4 is 23.5 Å². The van der Waals surface area contributed by atoms with E-state index in [-0.39, 0.29) is 5.91 Å². The molecule has 0 aliphatic carbocycles. The molecule has 1 aliphatic rings. The second-order valence-electron chi connectivity index (χ2n) is 6.83. The Morgan fingerprint density at radius 3 is 2.54 bits per heavy atom. The molecule has 1 aromatic carbocycles. The van der Waals surface area contributed by atoms with Gasteiger partial charge in [-0.2, -0.15) is 0 Å². The lowest BCUT2D eigenvalue weighted by Gasteiger charge is -2.16. The van der Waals surface area contributed by atoms with E-state index in [1.807, 2.05) is 11.0 Å². The predicted octanol–water partition coefficient (Wildman–Crippen LogP) is 2.77. The molecular weight excluding hydrogens is 374 g/mol. The zero-order chi connectivity index (χ0) is 19.8. The van der Waals surface area contributed by atoms with Gasteiger partial charge in [0.05, 0.1) is 0 Å². The molecule has 3 rings (SSSR count). The minimum absolute atomic E-state index is 0.259. The van der Waals surface area contributed by atoms with E-state index in [9.17, 15) is 4.79 Å². The van der Waals surface area contributed by atoms with E-state index >= 15 is 0 Å². The number of nitrogens with zero attached hydrogens (tertiary/aromatic N) is 3. The van der Waals surface area contributed by atoms with Gasteiger partial charge < -0.3 is 15.5 Å². The number of amides is 1. The van der Waals surface area contributed by atoms with Gasteiger partial charge in [0.25, 0.3) is 0 Å². The SMILES string of the molecule is CN=C(NCCc1ccc(Cl)nc1)NCc1ccc(CN2CCCC2=O)cc1. The lowest BCUT2D eigenvalue weighted by molar-refractivity contribution is -0.128. The first-order valence-corrected chi connectivity index (χ1v) is 9.92. The third-order valence-corrected chi connectivity index (χ3v) is 4.97. The Morgan fingerprint density at radius 1 is 1.14 bits per heavy atom. The maximum atomic E-state index is 11.7. The molecule has 0 atom stereocenters. The number of hydrogen-bond acceptors (Lipinski definition) is 3. The van der Waals surface area contributed by atoms with Crippen LogP contribution in [0.4, 0.5) is 0 Å². The number of hydrogen-bond donors (Lipinski definition) is 2. The van der Waals surface area contributed by atoms with E-state index in [2.05, 4.69) is 44.9 Å². The Kier molecular flexibility index (Phi) is 7.25. The van der Waals surface area contributed by atoms with Crippen LogP contribution in [0.1, 0.15) is 29.5 Å². The number of nitrogens with one attached hydrogen (secondary N) is 2. The largest absolute Gasteiger partial charge is 0.356 e. The van der Waals surface area contributed by atoms with Gasteiger partial charge in [-0.25, -0.2) is 4.98 Å². The molecule has 6 nitrogen and oxygen atoms in total. The monoisotopic (exact) mass is 399 g/mol. The van der Waals surface area contributed by atoms with Crippen molar-refractivity contribution in [2.45, 2.75) is 32.4 Å². The van der Waals surface area contributed by atoms with Crippen molar-refractivity contribution < 1.29 is 4.79 Å². The predicted molar refractivity (Wildman–Crippen MR) is 112 cm³/mol. The first kappa shape index (κ1) is 20.1. The summed E-state index contributed by atoms with van der Waals surface area (Å²) in [7, 11) is 1.76. The summed E-state index contributed by atoms with van der Waals surface area (Å²) in [6.45, 7) is 3.02. The van der Waals surface area contributed by atoms with Crippen molar-refractivity contribution in [1.82, 2.24) is 20.5 Å². The standard InChI is InChI=1S/C21H26ClN5O/c1-23-21(24-11-10-17-8-9-19(22)25-13-17)26-14-16-4-6-18(7-5-16)15-27-12-2-3-20(27)28/h4-9,13H,2-3,10-12,14-15H2,1H3,(H2,23,24,26). The van der Waals surface area contributed by atoms with E-state index in [1.165, 1.54) is 5.56 Å². The van der Waals surface area contributed by atoms with Gasteiger partial charge in [0.1, 0.15) is 5.15 Å². The number of aromatic nitrogens is 1. The van der Waals surface area contributed by atoms with E-state index < -0.39 is 0 Å². The molecular formula is C21H26ClN5O. The normalized spacial score (nSPS) is 14.4. The fourth-order valence-corrected chi connectivity index (χ4v) is 3.25. The van der Waals surface area contributed by atoms with Gasteiger partial charge in [0.15, 0.2) is 5.96 Å². The number of carbonyl (C=O) groups excluding carboxylic acids is 1. The molecule has 1 fully saturated rings. The molecule has 2 aromatic rings. The minimum atomic E-state index is 0.259. The van der Waals surface area contributed by atoms with E-state index in [0.717, 1.165) is 43.0 Å². The van der Waals surface area contributed by atoms with E-state index in [4.69, 9.17) is 11.6 Å². The molecule has 1 amide bonds. The molecule has 1 saturated heterocycles. The fraction of sp³-hybridized carbons (Fsp3) is 0.381. The zero-order valence-corrected chi connectivity index (χ0v) is 16.9. The molecule has 0 unspecified atom stereocenters. The van der Waals surface area contributed by atoms with Crippen LogP contribution in [0.5, 0.6) is 0 Å². The number of rotatable bonds is 7. The molecule has 0 radical (unpaired) electrons. The highest BCUT2D eigenvalue weighted by Crippen LogP contribution is 2.14. The molecule has 0 saturated carbocycles. The Labute approximate surface area is 171 Å². The Morgan fingerprint density at radius 2 is 1.89 bits per heavy atom. The number of pyridine rings is 1. The molecule has 0 spiro atoms. The summed E-state index contributed by atoms with van der Waals surface area (Å²) in [5.41, 5.74) is 3.46. The number of guanidine groups is 1. The van der Waals surface area contributed by atoms with Gasteiger partial charge in [-0.05, 0) is 35.6 Å². The number of halogens is 1. The Balaban J connectivity index is 1.41. The third kappa shape index (κ3) is 5.96. The highest BCUT2D eigenvalue weighted by molar-refractivity contribution is 6.29. The quantitative estimate of drug-likeness (QED) is 0.426. The van der Waals surface area contributed by atoms with Gasteiger partial charge in [0.2, 0.25) is 5.91 Å². The van der Waals surface area contributed by atoms with Crippen molar-refractivity contribution in [2.24, 2.45) is 4.99 Å². The summed E-state index contributed by atoms with van der Waals surface area (Å²) >= 11 is 5.80. The smallest absolute Gasteiger partial charge is 0.222 e. The van der Waals surface area contributed by atoms with Gasteiger partial charge in [-0.1, -0.05) is 41.9 Å². The summed E-state index contributed by atoms with van der Waals surface area (Å²) < 4.78 is 0. The first-order valence-electron chi connectivity index (χ1n) is 9.54. The number of likely N-dealkylation sites (tertiary alicyclic amines) is 1. The van der Waals surface area contributed by atoms with Crippen LogP contribution in [0.15, 0.2) is 47.6 Å². The Bertz CT molecular complexity index is 805. The van der Waals surface area contributed by atoms with Gasteiger partial charge in [0, 0.05) is 45.8 Å². The average molecular weight is 400 g/mol. The molecule has 148 valence electrons. The van der Waals surface area contributed by atoms with Crippen molar-refractivity contribution in [3.05, 3.63) is 64.4 Å². The zero-order valence-electron chi connectivity index (χ0n) is 16.1. The molecule has 28 heavy (non-hydrogen) atoms.